The van der Waals surface area contributed by atoms with Gasteiger partial charge < -0.3 is 9.84 Å². The van der Waals surface area contributed by atoms with Crippen LogP contribution in [-0.4, -0.2) is 18.0 Å². The lowest BCUT2D eigenvalue weighted by atomic mass is 10.2. The summed E-state index contributed by atoms with van der Waals surface area (Å²) >= 11 is 0. The summed E-state index contributed by atoms with van der Waals surface area (Å²) in [6, 6.07) is 4.82. The number of aromatic hydroxyl groups is 1. The molecule has 0 amide bonds. The average Bonchev–Trinajstić information content (AvgIpc) is 2.16. The number of hydrogen-bond acceptors (Lipinski definition) is 3. The molecule has 0 heterocycles. The van der Waals surface area contributed by atoms with Gasteiger partial charge in [0.2, 0.25) is 0 Å². The molecule has 3 nitrogen and oxygen atoms in total. The van der Waals surface area contributed by atoms with Crippen LogP contribution in [0.3, 0.4) is 0 Å². The van der Waals surface area contributed by atoms with E-state index in [4.69, 9.17) is 4.74 Å². The third-order valence-electron chi connectivity index (χ3n) is 1.67. The van der Waals surface area contributed by atoms with Crippen molar-refractivity contribution in [2.75, 3.05) is 7.11 Å². The van der Waals surface area contributed by atoms with Gasteiger partial charge in [-0.2, -0.15) is 0 Å². The Bertz CT molecular complexity index is 367. The minimum absolute atomic E-state index is 0.0746. The van der Waals surface area contributed by atoms with Crippen molar-refractivity contribution in [1.82, 2.24) is 0 Å². The smallest absolute Gasteiger partial charge is 0.161 e. The lowest BCUT2D eigenvalue weighted by Crippen LogP contribution is -1.85. The minimum atomic E-state index is -0.267. The zero-order valence-electron chi connectivity index (χ0n) is 7.86. The van der Waals surface area contributed by atoms with E-state index in [1.165, 1.54) is 19.3 Å². The van der Waals surface area contributed by atoms with Gasteiger partial charge in [0.25, 0.3) is 0 Å². The zero-order chi connectivity index (χ0) is 10.6. The van der Waals surface area contributed by atoms with Crippen LogP contribution in [0, 0.1) is 6.92 Å². The Kier molecular flexibility index (Phi) is 3.29. The molecule has 0 aliphatic rings. The second kappa shape index (κ2) is 4.46. The van der Waals surface area contributed by atoms with Crippen LogP contribution in [0.25, 0.3) is 6.08 Å². The fraction of sp³-hybridized carbons (Fsp3) is 0.0909. The van der Waals surface area contributed by atoms with Gasteiger partial charge in [-0.25, -0.2) is 0 Å². The highest BCUT2D eigenvalue weighted by Crippen LogP contribution is 2.26. The number of rotatable bonds is 3. The first-order chi connectivity index (χ1) is 6.63. The normalized spacial score (nSPS) is 10.4. The Labute approximate surface area is 82.6 Å². The van der Waals surface area contributed by atoms with Crippen LogP contribution in [-0.2, 0) is 4.79 Å². The molecule has 0 atom stereocenters. The van der Waals surface area contributed by atoms with Gasteiger partial charge in [0.05, 0.1) is 7.11 Å². The van der Waals surface area contributed by atoms with E-state index in [0.29, 0.717) is 5.75 Å². The van der Waals surface area contributed by atoms with Crippen LogP contribution in [0.15, 0.2) is 24.3 Å². The van der Waals surface area contributed by atoms with Crippen molar-refractivity contribution in [1.29, 1.82) is 0 Å². The fourth-order valence-electron chi connectivity index (χ4n) is 0.987. The van der Waals surface area contributed by atoms with E-state index in [9.17, 15) is 9.90 Å². The molecule has 14 heavy (non-hydrogen) atoms. The third kappa shape index (κ3) is 2.62. The molecule has 0 bridgehead atoms. The number of benzene rings is 1. The van der Waals surface area contributed by atoms with Crippen molar-refractivity contribution in [3.05, 3.63) is 36.8 Å². The first-order valence-corrected chi connectivity index (χ1v) is 4.04. The monoisotopic (exact) mass is 191 g/mol. The molecule has 1 rings (SSSR count). The standard InChI is InChI=1S/C11H11O3/c1-8(12)3-4-9-5-6-10(13)11(7-9)14-2/h3-7,13H,1H2,2H3. The molecular weight excluding hydrogens is 180 g/mol. The molecule has 0 unspecified atom stereocenters. The summed E-state index contributed by atoms with van der Waals surface area (Å²) in [5.41, 5.74) is 0.775. The topological polar surface area (TPSA) is 46.5 Å². The van der Waals surface area contributed by atoms with Gasteiger partial charge in [0.1, 0.15) is 0 Å². The van der Waals surface area contributed by atoms with Gasteiger partial charge >= 0.3 is 0 Å². The van der Waals surface area contributed by atoms with E-state index >= 15 is 0 Å². The van der Waals surface area contributed by atoms with Crippen molar-refractivity contribution >= 4 is 11.9 Å². The van der Waals surface area contributed by atoms with Gasteiger partial charge in [0.15, 0.2) is 17.3 Å². The summed E-state index contributed by atoms with van der Waals surface area (Å²) in [5.74, 6) is 0.186. The average molecular weight is 191 g/mol. The molecule has 0 fully saturated rings. The Hall–Kier alpha value is -1.77. The summed E-state index contributed by atoms with van der Waals surface area (Å²) in [7, 11) is 1.47. The maximum absolute atomic E-state index is 10.6. The number of phenolic OH excluding ortho intramolecular Hbond substituents is 1. The molecule has 0 saturated heterocycles. The van der Waals surface area contributed by atoms with Crippen molar-refractivity contribution in [2.45, 2.75) is 0 Å². The number of methoxy groups -OCH3 is 1. The summed E-state index contributed by atoms with van der Waals surface area (Å²) in [4.78, 5) is 10.6. The predicted molar refractivity (Wildman–Crippen MR) is 54.1 cm³/mol. The quantitative estimate of drug-likeness (QED) is 0.741. The molecule has 3 heteroatoms. The highest BCUT2D eigenvalue weighted by atomic mass is 16.5. The number of carbonyl (C=O) groups is 1. The van der Waals surface area contributed by atoms with Gasteiger partial charge in [-0.3, -0.25) is 4.79 Å². The second-order valence-corrected chi connectivity index (χ2v) is 2.73. The van der Waals surface area contributed by atoms with Gasteiger partial charge in [-0.05, 0) is 23.8 Å². The molecule has 0 aliphatic heterocycles. The van der Waals surface area contributed by atoms with Crippen LogP contribution in [0.2, 0.25) is 0 Å². The summed E-state index contributed by atoms with van der Waals surface area (Å²) in [6.07, 6.45) is 2.96. The van der Waals surface area contributed by atoms with E-state index in [-0.39, 0.29) is 11.5 Å². The van der Waals surface area contributed by atoms with Crippen molar-refractivity contribution in [2.24, 2.45) is 0 Å². The van der Waals surface area contributed by atoms with Crippen LogP contribution in [0.1, 0.15) is 5.56 Å². The maximum Gasteiger partial charge on any atom is 0.161 e. The van der Waals surface area contributed by atoms with Crippen molar-refractivity contribution in [3.8, 4) is 11.5 Å². The SMILES string of the molecule is [CH2]C(=O)C=Cc1ccc(O)c(OC)c1. The first-order valence-electron chi connectivity index (χ1n) is 4.04. The second-order valence-electron chi connectivity index (χ2n) is 2.73. The number of phenols is 1. The first kappa shape index (κ1) is 10.3. The Morgan fingerprint density at radius 1 is 1.57 bits per heavy atom. The van der Waals surface area contributed by atoms with E-state index in [1.54, 1.807) is 18.2 Å². The number of ketones is 1. The molecule has 0 saturated carbocycles. The summed E-state index contributed by atoms with van der Waals surface area (Å²) in [6.45, 7) is 3.21. The predicted octanol–water partition coefficient (Wildman–Crippen LogP) is 1.82. The van der Waals surface area contributed by atoms with Gasteiger partial charge in [0, 0.05) is 6.92 Å². The number of hydrogen-bond donors (Lipinski definition) is 1. The van der Waals surface area contributed by atoms with Gasteiger partial charge in [-0.15, -0.1) is 0 Å². The third-order valence-corrected chi connectivity index (χ3v) is 1.67. The van der Waals surface area contributed by atoms with Crippen LogP contribution in [0.4, 0.5) is 0 Å². The molecule has 73 valence electrons. The van der Waals surface area contributed by atoms with E-state index in [2.05, 4.69) is 6.92 Å². The van der Waals surface area contributed by atoms with Crippen LogP contribution >= 0.6 is 0 Å². The number of allylic oxidation sites excluding steroid dienone is 1. The fourth-order valence-corrected chi connectivity index (χ4v) is 0.987. The van der Waals surface area contributed by atoms with E-state index in [1.807, 2.05) is 0 Å². The molecular formula is C11H11O3. The zero-order valence-corrected chi connectivity index (χ0v) is 7.86. The molecule has 0 spiro atoms. The molecule has 1 N–H and O–H groups in total. The Morgan fingerprint density at radius 2 is 2.29 bits per heavy atom. The largest absolute Gasteiger partial charge is 0.504 e. The van der Waals surface area contributed by atoms with E-state index < -0.39 is 0 Å². The van der Waals surface area contributed by atoms with Crippen molar-refractivity contribution < 1.29 is 14.6 Å². The minimum Gasteiger partial charge on any atom is -0.504 e. The molecule has 0 aromatic heterocycles. The lowest BCUT2D eigenvalue weighted by molar-refractivity contribution is -0.110. The Balaban J connectivity index is 2.95. The van der Waals surface area contributed by atoms with E-state index in [0.717, 1.165) is 5.56 Å². The number of carbonyl (C=O) groups excluding carboxylic acids is 1. The molecule has 0 aliphatic carbocycles. The maximum atomic E-state index is 10.6. The highest BCUT2D eigenvalue weighted by molar-refractivity contribution is 5.96. The number of ether oxygens (including phenoxy) is 1. The van der Waals surface area contributed by atoms with Crippen LogP contribution in [0.5, 0.6) is 11.5 Å². The Morgan fingerprint density at radius 3 is 2.86 bits per heavy atom. The summed E-state index contributed by atoms with van der Waals surface area (Å²) in [5, 5.41) is 9.28. The molecule has 1 aromatic rings. The lowest BCUT2D eigenvalue weighted by Gasteiger charge is -2.03. The van der Waals surface area contributed by atoms with Gasteiger partial charge in [-0.1, -0.05) is 12.1 Å². The van der Waals surface area contributed by atoms with Crippen molar-refractivity contribution in [3.63, 3.8) is 0 Å². The highest BCUT2D eigenvalue weighted by Gasteiger charge is 2.00. The molecule has 1 radical (unpaired) electrons. The summed E-state index contributed by atoms with van der Waals surface area (Å²) < 4.78 is 4.91. The van der Waals surface area contributed by atoms with Crippen LogP contribution < -0.4 is 4.74 Å². The molecule has 1 aromatic carbocycles.